The van der Waals surface area contributed by atoms with Gasteiger partial charge in [0.1, 0.15) is 0 Å². The molecule has 0 fully saturated rings. The van der Waals surface area contributed by atoms with Gasteiger partial charge in [-0.15, -0.1) is 0 Å². The highest BCUT2D eigenvalue weighted by atomic mass is 16.1. The topological polar surface area (TPSA) is 77.9 Å². The molecule has 0 saturated heterocycles. The van der Waals surface area contributed by atoms with E-state index < -0.39 is 0 Å². The number of carbonyl (C=O) groups is 1. The molecular weight excluding hydrogens is 204 g/mol. The molecule has 0 aliphatic rings. The Balaban J connectivity index is 2.69. The van der Waals surface area contributed by atoms with Crippen molar-refractivity contribution in [3.8, 4) is 11.8 Å². The molecule has 16 heavy (non-hydrogen) atoms. The van der Waals surface area contributed by atoms with Crippen LogP contribution in [-0.2, 0) is 4.79 Å². The summed E-state index contributed by atoms with van der Waals surface area (Å²) >= 11 is 0. The first-order chi connectivity index (χ1) is 7.72. The summed E-state index contributed by atoms with van der Waals surface area (Å²) in [6, 6.07) is 6.93. The third kappa shape index (κ3) is 4.18. The summed E-state index contributed by atoms with van der Waals surface area (Å²) in [6.45, 7) is 1.74. The lowest BCUT2D eigenvalue weighted by atomic mass is 10.2. The highest BCUT2D eigenvalue weighted by molar-refractivity contribution is 5.73. The van der Waals surface area contributed by atoms with E-state index in [1.54, 1.807) is 24.3 Å². The van der Waals surface area contributed by atoms with Gasteiger partial charge in [-0.3, -0.25) is 4.79 Å². The van der Waals surface area contributed by atoms with Crippen molar-refractivity contribution in [3.63, 3.8) is 0 Å². The maximum Gasteiger partial charge on any atom is 0.217 e. The van der Waals surface area contributed by atoms with E-state index >= 15 is 0 Å². The lowest BCUT2D eigenvalue weighted by Crippen LogP contribution is -2.19. The monoisotopic (exact) mass is 214 g/mol. The highest BCUT2D eigenvalue weighted by Crippen LogP contribution is 2.13. The van der Waals surface area contributed by atoms with E-state index in [0.717, 1.165) is 5.56 Å². The van der Waals surface area contributed by atoms with E-state index in [1.165, 1.54) is 6.92 Å². The highest BCUT2D eigenvalue weighted by Gasteiger charge is 1.89. The minimum Gasteiger partial charge on any atom is -0.345 e. The first kappa shape index (κ1) is 11.6. The maximum absolute atomic E-state index is 10.6. The number of hydrogen-bond donors (Lipinski definition) is 1. The predicted molar refractivity (Wildman–Crippen MR) is 60.8 cm³/mol. The fourth-order valence-electron chi connectivity index (χ4n) is 1.01. The molecule has 1 N–H and O–H groups in total. The average Bonchev–Trinajstić information content (AvgIpc) is 2.25. The van der Waals surface area contributed by atoms with E-state index in [4.69, 9.17) is 5.53 Å². The van der Waals surface area contributed by atoms with E-state index in [1.807, 2.05) is 0 Å². The zero-order valence-electron chi connectivity index (χ0n) is 8.77. The van der Waals surface area contributed by atoms with Gasteiger partial charge in [-0.2, -0.15) is 0 Å². The maximum atomic E-state index is 10.6. The number of nitrogens with zero attached hydrogens (tertiary/aromatic N) is 3. The minimum atomic E-state index is -0.114. The molecule has 0 unspecified atom stereocenters. The smallest absolute Gasteiger partial charge is 0.217 e. The first-order valence-electron chi connectivity index (χ1n) is 4.61. The fraction of sp³-hybridized carbons (Fsp3) is 0.182. The molecule has 5 heteroatoms. The van der Waals surface area contributed by atoms with E-state index in [9.17, 15) is 4.79 Å². The van der Waals surface area contributed by atoms with Crippen molar-refractivity contribution in [2.45, 2.75) is 6.92 Å². The van der Waals surface area contributed by atoms with Crippen LogP contribution in [0.3, 0.4) is 0 Å². The zero-order chi connectivity index (χ0) is 11.8. The van der Waals surface area contributed by atoms with Crippen molar-refractivity contribution >= 4 is 11.6 Å². The Hall–Kier alpha value is -2.44. The molecule has 1 aromatic carbocycles. The Kier molecular flexibility index (Phi) is 4.45. The van der Waals surface area contributed by atoms with Gasteiger partial charge in [0.25, 0.3) is 0 Å². The zero-order valence-corrected chi connectivity index (χ0v) is 8.77. The molecule has 0 spiro atoms. The van der Waals surface area contributed by atoms with Crippen molar-refractivity contribution < 1.29 is 4.79 Å². The summed E-state index contributed by atoms with van der Waals surface area (Å²) in [4.78, 5) is 13.2. The van der Waals surface area contributed by atoms with Crippen LogP contribution in [-0.4, -0.2) is 12.5 Å². The van der Waals surface area contributed by atoms with Gasteiger partial charge < -0.3 is 5.32 Å². The molecule has 1 aromatic rings. The number of amides is 1. The normalized spacial score (nSPS) is 8.31. The molecule has 1 rings (SSSR count). The van der Waals surface area contributed by atoms with E-state index in [2.05, 4.69) is 27.2 Å². The van der Waals surface area contributed by atoms with Gasteiger partial charge in [-0.05, 0) is 17.7 Å². The summed E-state index contributed by atoms with van der Waals surface area (Å²) in [5.41, 5.74) is 9.53. The van der Waals surface area contributed by atoms with Gasteiger partial charge in [0, 0.05) is 23.1 Å². The Morgan fingerprint density at radius 1 is 1.62 bits per heavy atom. The number of carbonyl (C=O) groups excluding carboxylic acids is 1. The summed E-state index contributed by atoms with van der Waals surface area (Å²) in [6.07, 6.45) is 0. The van der Waals surface area contributed by atoms with Gasteiger partial charge >= 0.3 is 0 Å². The van der Waals surface area contributed by atoms with Crippen LogP contribution in [0.25, 0.3) is 10.4 Å². The van der Waals surface area contributed by atoms with Crippen molar-refractivity contribution in [1.29, 1.82) is 0 Å². The van der Waals surface area contributed by atoms with E-state index in [0.29, 0.717) is 12.2 Å². The second-order valence-electron chi connectivity index (χ2n) is 2.95. The molecule has 0 heterocycles. The molecule has 0 aliphatic heterocycles. The molecule has 0 bridgehead atoms. The molecule has 0 saturated carbocycles. The Bertz CT molecular complexity index is 492. The fourth-order valence-corrected chi connectivity index (χ4v) is 1.01. The van der Waals surface area contributed by atoms with Crippen molar-refractivity contribution in [1.82, 2.24) is 5.32 Å². The minimum absolute atomic E-state index is 0.114. The molecular formula is C11H10N4O. The molecule has 80 valence electrons. The number of nitrogens with one attached hydrogen (secondary N) is 1. The SMILES string of the molecule is CC(=O)NCC#Cc1cccc(N=[N+]=[N-])c1. The van der Waals surface area contributed by atoms with Crippen LogP contribution in [0, 0.1) is 11.8 Å². The van der Waals surface area contributed by atoms with Crippen molar-refractivity contribution in [2.75, 3.05) is 6.54 Å². The first-order valence-corrected chi connectivity index (χ1v) is 4.61. The molecule has 5 nitrogen and oxygen atoms in total. The quantitative estimate of drug-likeness (QED) is 0.348. The number of azide groups is 1. The van der Waals surface area contributed by atoms with Crippen molar-refractivity contribution in [2.24, 2.45) is 5.11 Å². The van der Waals surface area contributed by atoms with Gasteiger partial charge in [0.2, 0.25) is 5.91 Å². The lowest BCUT2D eigenvalue weighted by Gasteiger charge is -1.93. The van der Waals surface area contributed by atoms with Crippen LogP contribution in [0.1, 0.15) is 12.5 Å². The Labute approximate surface area is 93.1 Å². The van der Waals surface area contributed by atoms with Gasteiger partial charge in [-0.25, -0.2) is 0 Å². The van der Waals surface area contributed by atoms with Crippen LogP contribution >= 0.6 is 0 Å². The van der Waals surface area contributed by atoms with Crippen molar-refractivity contribution in [3.05, 3.63) is 40.3 Å². The number of rotatable bonds is 2. The van der Waals surface area contributed by atoms with Gasteiger partial charge in [0.05, 0.1) is 6.54 Å². The van der Waals surface area contributed by atoms with Crippen LogP contribution in [0.15, 0.2) is 29.4 Å². The van der Waals surface area contributed by atoms with Crippen LogP contribution < -0.4 is 5.32 Å². The molecule has 0 radical (unpaired) electrons. The third-order valence-electron chi connectivity index (χ3n) is 1.66. The second kappa shape index (κ2) is 6.12. The number of benzene rings is 1. The summed E-state index contributed by atoms with van der Waals surface area (Å²) in [7, 11) is 0. The molecule has 1 amide bonds. The molecule has 0 aliphatic carbocycles. The van der Waals surface area contributed by atoms with Crippen LogP contribution in [0.5, 0.6) is 0 Å². The Morgan fingerprint density at radius 2 is 2.44 bits per heavy atom. The van der Waals surface area contributed by atoms with Crippen LogP contribution in [0.2, 0.25) is 0 Å². The summed E-state index contributed by atoms with van der Waals surface area (Å²) < 4.78 is 0. The van der Waals surface area contributed by atoms with E-state index in [-0.39, 0.29) is 5.91 Å². The number of hydrogen-bond acceptors (Lipinski definition) is 2. The molecule has 0 aromatic heterocycles. The van der Waals surface area contributed by atoms with Gasteiger partial charge in [0.15, 0.2) is 0 Å². The van der Waals surface area contributed by atoms with Gasteiger partial charge in [-0.1, -0.05) is 29.1 Å². The second-order valence-corrected chi connectivity index (χ2v) is 2.95. The summed E-state index contributed by atoms with van der Waals surface area (Å²) in [5.74, 6) is 5.52. The third-order valence-corrected chi connectivity index (χ3v) is 1.66. The predicted octanol–water partition coefficient (Wildman–Crippen LogP) is 2.12. The summed E-state index contributed by atoms with van der Waals surface area (Å²) in [5, 5.41) is 6.03. The lowest BCUT2D eigenvalue weighted by molar-refractivity contribution is -0.118. The molecule has 0 atom stereocenters. The average molecular weight is 214 g/mol. The standard InChI is InChI=1S/C11H10N4O/c1-9(16)13-7-3-5-10-4-2-6-11(8-10)14-15-12/h2,4,6,8H,7H2,1H3,(H,13,16). The largest absolute Gasteiger partial charge is 0.345 e. The van der Waals surface area contributed by atoms with Crippen LogP contribution in [0.4, 0.5) is 5.69 Å². The Morgan fingerprint density at radius 3 is 3.12 bits per heavy atom.